The molecular weight excluding hydrogens is 326 g/mol. The van der Waals surface area contributed by atoms with Crippen molar-refractivity contribution in [3.8, 4) is 5.75 Å². The zero-order valence-electron chi connectivity index (χ0n) is 14.8. The van der Waals surface area contributed by atoms with Crippen molar-refractivity contribution in [3.63, 3.8) is 0 Å². The minimum Gasteiger partial charge on any atom is -0.497 e. The molecule has 1 heterocycles. The maximum absolute atomic E-state index is 6.20. The summed E-state index contributed by atoms with van der Waals surface area (Å²) in [6, 6.07) is 18.2. The summed E-state index contributed by atoms with van der Waals surface area (Å²) in [6.07, 6.45) is 2.41. The lowest BCUT2D eigenvalue weighted by Crippen LogP contribution is -2.11. The molecule has 0 spiro atoms. The Morgan fingerprint density at radius 2 is 1.58 bits per heavy atom. The molecule has 0 bridgehead atoms. The van der Waals surface area contributed by atoms with Gasteiger partial charge < -0.3 is 21.1 Å². The molecule has 0 atom stereocenters. The van der Waals surface area contributed by atoms with E-state index in [1.807, 2.05) is 42.5 Å². The fourth-order valence-corrected chi connectivity index (χ4v) is 2.58. The smallest absolute Gasteiger partial charge is 0.155 e. The zero-order chi connectivity index (χ0) is 18.2. The molecule has 0 unspecified atom stereocenters. The summed E-state index contributed by atoms with van der Waals surface area (Å²) in [5, 5.41) is 6.54. The van der Waals surface area contributed by atoms with E-state index in [-0.39, 0.29) is 0 Å². The fraction of sp³-hybridized carbons (Fsp3) is 0.200. The molecule has 2 aromatic carbocycles. The summed E-state index contributed by atoms with van der Waals surface area (Å²) in [4.78, 5) is 8.49. The molecule has 0 aliphatic rings. The van der Waals surface area contributed by atoms with Crippen LogP contribution < -0.4 is 21.1 Å². The first-order chi connectivity index (χ1) is 12.8. The maximum atomic E-state index is 6.20. The summed E-state index contributed by atoms with van der Waals surface area (Å²) in [7, 11) is 1.65. The van der Waals surface area contributed by atoms with Crippen LogP contribution in [0.5, 0.6) is 5.75 Å². The molecule has 3 aromatic rings. The van der Waals surface area contributed by atoms with Gasteiger partial charge in [0, 0.05) is 13.1 Å². The average molecular weight is 349 g/mol. The third-order valence-electron chi connectivity index (χ3n) is 4.05. The minimum absolute atomic E-state index is 0.522. The first-order valence-electron chi connectivity index (χ1n) is 8.51. The number of benzene rings is 2. The number of nitrogens with two attached hydrogens (primary N) is 1. The molecule has 0 fully saturated rings. The number of hydrogen-bond donors (Lipinski definition) is 3. The highest BCUT2D eigenvalue weighted by Crippen LogP contribution is 2.23. The number of nitrogen functional groups attached to an aromatic ring is 1. The molecule has 0 amide bonds. The number of nitrogens with zero attached hydrogens (tertiary/aromatic N) is 2. The SMILES string of the molecule is COc1ccc(CNc2ncnc(NCCc3ccccc3)c2N)cc1. The molecule has 0 radical (unpaired) electrons. The Kier molecular flexibility index (Phi) is 5.88. The van der Waals surface area contributed by atoms with E-state index in [4.69, 9.17) is 10.5 Å². The summed E-state index contributed by atoms with van der Waals surface area (Å²) >= 11 is 0. The van der Waals surface area contributed by atoms with E-state index in [0.717, 1.165) is 24.3 Å². The van der Waals surface area contributed by atoms with Gasteiger partial charge in [-0.15, -0.1) is 0 Å². The van der Waals surface area contributed by atoms with Crippen LogP contribution in [0, 0.1) is 0 Å². The molecule has 0 saturated heterocycles. The molecule has 1 aromatic heterocycles. The van der Waals surface area contributed by atoms with Crippen molar-refractivity contribution in [3.05, 3.63) is 72.1 Å². The van der Waals surface area contributed by atoms with E-state index in [1.165, 1.54) is 11.9 Å². The number of ether oxygens (including phenoxy) is 1. The van der Waals surface area contributed by atoms with Gasteiger partial charge in [0.25, 0.3) is 0 Å². The van der Waals surface area contributed by atoms with E-state index in [9.17, 15) is 0 Å². The van der Waals surface area contributed by atoms with Gasteiger partial charge in [-0.25, -0.2) is 9.97 Å². The highest BCUT2D eigenvalue weighted by Gasteiger charge is 2.07. The van der Waals surface area contributed by atoms with Crippen LogP contribution in [-0.4, -0.2) is 23.6 Å². The minimum atomic E-state index is 0.522. The van der Waals surface area contributed by atoms with Gasteiger partial charge in [-0.1, -0.05) is 42.5 Å². The normalized spacial score (nSPS) is 10.3. The Morgan fingerprint density at radius 1 is 0.885 bits per heavy atom. The van der Waals surface area contributed by atoms with Gasteiger partial charge in [0.15, 0.2) is 11.6 Å². The quantitative estimate of drug-likeness (QED) is 0.578. The topological polar surface area (TPSA) is 85.1 Å². The second-order valence-corrected chi connectivity index (χ2v) is 5.85. The highest BCUT2D eigenvalue weighted by molar-refractivity contribution is 5.74. The van der Waals surface area contributed by atoms with Crippen molar-refractivity contribution in [1.82, 2.24) is 9.97 Å². The van der Waals surface area contributed by atoms with Gasteiger partial charge in [-0.3, -0.25) is 0 Å². The van der Waals surface area contributed by atoms with Gasteiger partial charge in [0.05, 0.1) is 7.11 Å². The van der Waals surface area contributed by atoms with Crippen LogP contribution in [0.25, 0.3) is 0 Å². The molecule has 4 N–H and O–H groups in total. The standard InChI is InChI=1S/C20H23N5O/c1-26-17-9-7-16(8-10-17)13-23-20-18(21)19(24-14-25-20)22-12-11-15-5-3-2-4-6-15/h2-10,14H,11-13,21H2,1H3,(H2,22,23,24,25). The monoisotopic (exact) mass is 349 g/mol. The van der Waals surface area contributed by atoms with Gasteiger partial charge in [-0.2, -0.15) is 0 Å². The van der Waals surface area contributed by atoms with Gasteiger partial charge in [0.2, 0.25) is 0 Å². The predicted octanol–water partition coefficient (Wildman–Crippen LogP) is 3.33. The van der Waals surface area contributed by atoms with Crippen molar-refractivity contribution in [1.29, 1.82) is 0 Å². The zero-order valence-corrected chi connectivity index (χ0v) is 14.8. The molecule has 134 valence electrons. The van der Waals surface area contributed by atoms with E-state index >= 15 is 0 Å². The number of hydrogen-bond acceptors (Lipinski definition) is 6. The molecule has 6 heteroatoms. The highest BCUT2D eigenvalue weighted by atomic mass is 16.5. The average Bonchev–Trinajstić information content (AvgIpc) is 2.69. The first-order valence-corrected chi connectivity index (χ1v) is 8.51. The second kappa shape index (κ2) is 8.71. The van der Waals surface area contributed by atoms with E-state index < -0.39 is 0 Å². The summed E-state index contributed by atoms with van der Waals surface area (Å²) in [5.74, 6) is 2.10. The molecule has 0 aliphatic heterocycles. The number of nitrogens with one attached hydrogen (secondary N) is 2. The van der Waals surface area contributed by atoms with Gasteiger partial charge in [0.1, 0.15) is 17.8 Å². The molecule has 26 heavy (non-hydrogen) atoms. The Labute approximate surface area is 153 Å². The Morgan fingerprint density at radius 3 is 2.27 bits per heavy atom. The van der Waals surface area contributed by atoms with Crippen LogP contribution in [0.3, 0.4) is 0 Å². The third kappa shape index (κ3) is 4.63. The summed E-state index contributed by atoms with van der Waals surface area (Å²) in [5.41, 5.74) is 9.11. The lowest BCUT2D eigenvalue weighted by molar-refractivity contribution is 0.414. The molecule has 6 nitrogen and oxygen atoms in total. The first kappa shape index (κ1) is 17.5. The van der Waals surface area contributed by atoms with E-state index in [1.54, 1.807) is 7.11 Å². The van der Waals surface area contributed by atoms with Crippen LogP contribution >= 0.6 is 0 Å². The molecular formula is C20H23N5O. The second-order valence-electron chi connectivity index (χ2n) is 5.85. The number of aromatic nitrogens is 2. The molecule has 0 saturated carbocycles. The number of methoxy groups -OCH3 is 1. The van der Waals surface area contributed by atoms with E-state index in [0.29, 0.717) is 23.9 Å². The summed E-state index contributed by atoms with van der Waals surface area (Å²) < 4.78 is 5.17. The largest absolute Gasteiger partial charge is 0.497 e. The lowest BCUT2D eigenvalue weighted by Gasteiger charge is -2.13. The van der Waals surface area contributed by atoms with Crippen LogP contribution in [0.15, 0.2) is 60.9 Å². The number of anilines is 3. The Balaban J connectivity index is 1.57. The molecule has 3 rings (SSSR count). The Bertz CT molecular complexity index is 821. The summed E-state index contributed by atoms with van der Waals surface area (Å²) in [6.45, 7) is 1.37. The van der Waals surface area contributed by atoms with Crippen LogP contribution in [-0.2, 0) is 13.0 Å². The number of rotatable bonds is 8. The van der Waals surface area contributed by atoms with Crippen molar-refractivity contribution in [2.45, 2.75) is 13.0 Å². The lowest BCUT2D eigenvalue weighted by atomic mass is 10.1. The predicted molar refractivity (Wildman–Crippen MR) is 105 cm³/mol. The molecule has 0 aliphatic carbocycles. The van der Waals surface area contributed by atoms with Crippen molar-refractivity contribution in [2.75, 3.05) is 30.0 Å². The van der Waals surface area contributed by atoms with Crippen LogP contribution in [0.2, 0.25) is 0 Å². The maximum Gasteiger partial charge on any atom is 0.155 e. The van der Waals surface area contributed by atoms with Crippen LogP contribution in [0.4, 0.5) is 17.3 Å². The van der Waals surface area contributed by atoms with Crippen LogP contribution in [0.1, 0.15) is 11.1 Å². The third-order valence-corrected chi connectivity index (χ3v) is 4.05. The fourth-order valence-electron chi connectivity index (χ4n) is 2.58. The van der Waals surface area contributed by atoms with Crippen molar-refractivity contribution < 1.29 is 4.74 Å². The van der Waals surface area contributed by atoms with Gasteiger partial charge >= 0.3 is 0 Å². The van der Waals surface area contributed by atoms with Crippen molar-refractivity contribution in [2.24, 2.45) is 0 Å². The Hall–Kier alpha value is -3.28. The van der Waals surface area contributed by atoms with Crippen molar-refractivity contribution >= 4 is 17.3 Å². The van der Waals surface area contributed by atoms with Gasteiger partial charge in [-0.05, 0) is 29.7 Å². The van der Waals surface area contributed by atoms with E-state index in [2.05, 4.69) is 32.7 Å².